The van der Waals surface area contributed by atoms with Gasteiger partial charge in [0.05, 0.1) is 24.3 Å². The maximum Gasteiger partial charge on any atom is 0.252 e. The number of amides is 1. The van der Waals surface area contributed by atoms with E-state index in [0.29, 0.717) is 11.6 Å². The number of ether oxygens (including phenoxy) is 1. The second-order valence-corrected chi connectivity index (χ2v) is 8.09. The lowest BCUT2D eigenvalue weighted by Crippen LogP contribution is -2.53. The van der Waals surface area contributed by atoms with Gasteiger partial charge in [0.15, 0.2) is 0 Å². The molecule has 1 saturated heterocycles. The monoisotopic (exact) mass is 368 g/mol. The summed E-state index contributed by atoms with van der Waals surface area (Å²) in [5.74, 6) is 0.738. The van der Waals surface area contributed by atoms with E-state index in [9.17, 15) is 4.79 Å². The third-order valence-electron chi connectivity index (χ3n) is 5.44. The number of rotatable bonds is 6. The summed E-state index contributed by atoms with van der Waals surface area (Å²) < 4.78 is 5.47. The molecule has 0 radical (unpaired) electrons. The number of nitrogens with one attached hydrogen (secondary N) is 2. The van der Waals surface area contributed by atoms with Crippen LogP contribution in [0, 0.1) is 0 Å². The summed E-state index contributed by atoms with van der Waals surface area (Å²) in [5, 5.41) is 7.46. The number of morpholine rings is 1. The molecule has 6 heteroatoms. The second kappa shape index (κ2) is 7.44. The van der Waals surface area contributed by atoms with Crippen molar-refractivity contribution in [3.8, 4) is 0 Å². The molecule has 0 bridgehead atoms. The molecule has 6 nitrogen and oxygen atoms in total. The van der Waals surface area contributed by atoms with Gasteiger partial charge in [-0.2, -0.15) is 0 Å². The van der Waals surface area contributed by atoms with Crippen molar-refractivity contribution in [1.29, 1.82) is 0 Å². The number of carbonyl (C=O) groups excluding carboxylic acids is 1. The van der Waals surface area contributed by atoms with Crippen LogP contribution in [0.15, 0.2) is 30.3 Å². The van der Waals surface area contributed by atoms with Gasteiger partial charge in [0, 0.05) is 36.6 Å². The molecule has 1 aromatic heterocycles. The van der Waals surface area contributed by atoms with E-state index in [-0.39, 0.29) is 11.4 Å². The number of pyridine rings is 1. The van der Waals surface area contributed by atoms with Gasteiger partial charge in [0.2, 0.25) is 0 Å². The van der Waals surface area contributed by atoms with Crippen molar-refractivity contribution in [1.82, 2.24) is 15.2 Å². The maximum absolute atomic E-state index is 12.7. The zero-order valence-corrected chi connectivity index (χ0v) is 16.1. The Bertz CT molecular complexity index is 826. The maximum atomic E-state index is 12.7. The zero-order chi connectivity index (χ0) is 18.9. The Hall–Kier alpha value is -2.18. The summed E-state index contributed by atoms with van der Waals surface area (Å²) in [4.78, 5) is 19.9. The van der Waals surface area contributed by atoms with Gasteiger partial charge < -0.3 is 15.4 Å². The Morgan fingerprint density at radius 2 is 2.00 bits per heavy atom. The Balaban J connectivity index is 1.55. The number of para-hydroxylation sites is 1. The molecule has 4 rings (SSSR count). The van der Waals surface area contributed by atoms with Crippen LogP contribution in [0.25, 0.3) is 10.9 Å². The topological polar surface area (TPSA) is 66.5 Å². The highest BCUT2D eigenvalue weighted by Gasteiger charge is 2.28. The van der Waals surface area contributed by atoms with Crippen molar-refractivity contribution in [2.24, 2.45) is 0 Å². The van der Waals surface area contributed by atoms with E-state index < -0.39 is 0 Å². The van der Waals surface area contributed by atoms with Gasteiger partial charge in [-0.1, -0.05) is 18.2 Å². The number of hydrogen-bond acceptors (Lipinski definition) is 5. The average Bonchev–Trinajstić information content (AvgIpc) is 3.50. The molecule has 1 aliphatic carbocycles. The number of carbonyl (C=O) groups is 1. The molecule has 1 aliphatic heterocycles. The highest BCUT2D eigenvalue weighted by atomic mass is 16.5. The van der Waals surface area contributed by atoms with Crippen molar-refractivity contribution < 1.29 is 9.53 Å². The molecule has 0 atom stereocenters. The molecule has 2 heterocycles. The summed E-state index contributed by atoms with van der Waals surface area (Å²) in [7, 11) is 0. The molecule has 144 valence electrons. The third kappa shape index (κ3) is 4.22. The Morgan fingerprint density at radius 1 is 1.26 bits per heavy atom. The van der Waals surface area contributed by atoms with Crippen LogP contribution < -0.4 is 10.6 Å². The van der Waals surface area contributed by atoms with Gasteiger partial charge in [-0.15, -0.1) is 0 Å². The SMILES string of the molecule is CC(C)(CNc1cc(C(=O)NC2CC2)c2ccccc2n1)N1CCOCC1. The van der Waals surface area contributed by atoms with Crippen molar-refractivity contribution in [3.63, 3.8) is 0 Å². The highest BCUT2D eigenvalue weighted by Crippen LogP contribution is 2.25. The van der Waals surface area contributed by atoms with Crippen molar-refractivity contribution in [2.45, 2.75) is 38.3 Å². The normalized spacial score (nSPS) is 18.4. The lowest BCUT2D eigenvalue weighted by Gasteiger charge is -2.41. The van der Waals surface area contributed by atoms with Gasteiger partial charge in [-0.3, -0.25) is 9.69 Å². The van der Waals surface area contributed by atoms with E-state index in [4.69, 9.17) is 9.72 Å². The molecular weight excluding hydrogens is 340 g/mol. The van der Waals surface area contributed by atoms with Crippen molar-refractivity contribution in [3.05, 3.63) is 35.9 Å². The fraction of sp³-hybridized carbons (Fsp3) is 0.524. The first-order chi connectivity index (χ1) is 13.0. The lowest BCUT2D eigenvalue weighted by atomic mass is 10.0. The Morgan fingerprint density at radius 3 is 2.74 bits per heavy atom. The first kappa shape index (κ1) is 18.2. The van der Waals surface area contributed by atoms with Gasteiger partial charge in [0.1, 0.15) is 5.82 Å². The quantitative estimate of drug-likeness (QED) is 0.821. The molecule has 0 spiro atoms. The number of fused-ring (bicyclic) bond motifs is 1. The molecule has 2 N–H and O–H groups in total. The summed E-state index contributed by atoms with van der Waals surface area (Å²) in [6, 6.07) is 10.1. The van der Waals surface area contributed by atoms with E-state index >= 15 is 0 Å². The van der Waals surface area contributed by atoms with E-state index in [0.717, 1.165) is 62.4 Å². The van der Waals surface area contributed by atoms with Crippen LogP contribution in [0.4, 0.5) is 5.82 Å². The molecule has 0 unspecified atom stereocenters. The van der Waals surface area contributed by atoms with Crippen LogP contribution in [0.1, 0.15) is 37.0 Å². The second-order valence-electron chi connectivity index (χ2n) is 8.09. The minimum absolute atomic E-state index is 0.00779. The van der Waals surface area contributed by atoms with Crippen LogP contribution in [-0.2, 0) is 4.74 Å². The molecule has 2 fully saturated rings. The van der Waals surface area contributed by atoms with Gasteiger partial charge in [-0.25, -0.2) is 4.98 Å². The molecular formula is C21H28N4O2. The summed E-state index contributed by atoms with van der Waals surface area (Å²) >= 11 is 0. The fourth-order valence-electron chi connectivity index (χ4n) is 3.53. The number of nitrogens with zero attached hydrogens (tertiary/aromatic N) is 2. The van der Waals surface area contributed by atoms with Crippen LogP contribution in [0.2, 0.25) is 0 Å². The first-order valence-electron chi connectivity index (χ1n) is 9.80. The molecule has 1 amide bonds. The largest absolute Gasteiger partial charge is 0.379 e. The van der Waals surface area contributed by atoms with Gasteiger partial charge in [0.25, 0.3) is 5.91 Å². The first-order valence-corrected chi connectivity index (χ1v) is 9.80. The average molecular weight is 368 g/mol. The van der Waals surface area contributed by atoms with Crippen LogP contribution in [0.5, 0.6) is 0 Å². The predicted molar refractivity (Wildman–Crippen MR) is 107 cm³/mol. The number of anilines is 1. The minimum Gasteiger partial charge on any atom is -0.379 e. The van der Waals surface area contributed by atoms with E-state index in [2.05, 4.69) is 29.4 Å². The standard InChI is InChI=1S/C21H28N4O2/c1-21(2,25-9-11-27-12-10-25)14-22-19-13-17(20(26)23-15-7-8-15)16-5-3-4-6-18(16)24-19/h3-6,13,15H,7-12,14H2,1-2H3,(H,22,24)(H,23,26). The number of benzene rings is 1. The van der Waals surface area contributed by atoms with Crippen molar-refractivity contribution >= 4 is 22.6 Å². The predicted octanol–water partition coefficient (Wildman–Crippen LogP) is 2.65. The fourth-order valence-corrected chi connectivity index (χ4v) is 3.53. The summed E-state index contributed by atoms with van der Waals surface area (Å²) in [6.45, 7) is 8.65. The van der Waals surface area contributed by atoms with Crippen LogP contribution in [-0.4, -0.2) is 60.2 Å². The minimum atomic E-state index is -0.0203. The highest BCUT2D eigenvalue weighted by molar-refractivity contribution is 6.07. The Labute approximate surface area is 160 Å². The van der Waals surface area contributed by atoms with E-state index in [1.807, 2.05) is 30.3 Å². The number of hydrogen-bond donors (Lipinski definition) is 2. The third-order valence-corrected chi connectivity index (χ3v) is 5.44. The van der Waals surface area contributed by atoms with Crippen LogP contribution in [0.3, 0.4) is 0 Å². The van der Waals surface area contributed by atoms with E-state index in [1.165, 1.54) is 0 Å². The molecule has 2 aromatic rings. The molecule has 2 aliphatic rings. The number of aromatic nitrogens is 1. The molecule has 1 aromatic carbocycles. The van der Waals surface area contributed by atoms with Gasteiger partial charge >= 0.3 is 0 Å². The van der Waals surface area contributed by atoms with E-state index in [1.54, 1.807) is 0 Å². The van der Waals surface area contributed by atoms with Crippen molar-refractivity contribution in [2.75, 3.05) is 38.2 Å². The lowest BCUT2D eigenvalue weighted by molar-refractivity contribution is -0.00570. The smallest absolute Gasteiger partial charge is 0.252 e. The summed E-state index contributed by atoms with van der Waals surface area (Å²) in [6.07, 6.45) is 2.15. The van der Waals surface area contributed by atoms with Gasteiger partial charge in [-0.05, 0) is 38.8 Å². The van der Waals surface area contributed by atoms with Crippen LogP contribution >= 0.6 is 0 Å². The molecule has 1 saturated carbocycles. The summed E-state index contributed by atoms with van der Waals surface area (Å²) in [5.41, 5.74) is 1.51. The zero-order valence-electron chi connectivity index (χ0n) is 16.1. The molecule has 27 heavy (non-hydrogen) atoms. The Kier molecular flexibility index (Phi) is 5.02.